The lowest BCUT2D eigenvalue weighted by atomic mass is 10.2. The van der Waals surface area contributed by atoms with E-state index >= 15 is 0 Å². The Hall–Kier alpha value is -3.42. The molecule has 2 N–H and O–H groups in total. The molecule has 0 aromatic heterocycles. The number of hydrogen-bond donors (Lipinski definition) is 2. The molecule has 0 aliphatic heterocycles. The van der Waals surface area contributed by atoms with Crippen molar-refractivity contribution in [1.82, 2.24) is 5.43 Å². The highest BCUT2D eigenvalue weighted by Crippen LogP contribution is 2.37. The average Bonchev–Trinajstić information content (AvgIpc) is 2.71. The van der Waals surface area contributed by atoms with Gasteiger partial charge in [0.05, 0.1) is 41.2 Å². The predicted molar refractivity (Wildman–Crippen MR) is 103 cm³/mol. The second-order valence-corrected chi connectivity index (χ2v) is 5.33. The monoisotopic (exact) mass is 373 g/mol. The van der Waals surface area contributed by atoms with Gasteiger partial charge in [0.1, 0.15) is 5.75 Å². The summed E-state index contributed by atoms with van der Waals surface area (Å²) < 4.78 is 20.9. The van der Waals surface area contributed by atoms with Crippen LogP contribution >= 0.6 is 0 Å². The molecule has 27 heavy (non-hydrogen) atoms. The zero-order valence-corrected chi connectivity index (χ0v) is 15.7. The summed E-state index contributed by atoms with van der Waals surface area (Å²) in [5.41, 5.74) is 3.95. The minimum absolute atomic E-state index is 0.0823. The molecule has 2 aromatic rings. The summed E-state index contributed by atoms with van der Waals surface area (Å²) in [5, 5.41) is 6.95. The number of amides is 1. The van der Waals surface area contributed by atoms with Crippen LogP contribution in [0.1, 0.15) is 5.56 Å². The Labute approximate surface area is 158 Å². The minimum atomic E-state index is -0.283. The van der Waals surface area contributed by atoms with E-state index in [9.17, 15) is 4.79 Å². The number of carbonyl (C=O) groups excluding carboxylic acids is 1. The Morgan fingerprint density at radius 3 is 2.11 bits per heavy atom. The highest BCUT2D eigenvalue weighted by molar-refractivity contribution is 5.85. The molecular formula is C19H23N3O5. The molecule has 8 heteroatoms. The number of benzene rings is 2. The van der Waals surface area contributed by atoms with Gasteiger partial charge in [0.25, 0.3) is 5.91 Å². The van der Waals surface area contributed by atoms with Crippen LogP contribution in [0, 0.1) is 0 Å². The zero-order chi connectivity index (χ0) is 19.6. The lowest BCUT2D eigenvalue weighted by Gasteiger charge is -2.12. The Bertz CT molecular complexity index is 765. The first-order chi connectivity index (χ1) is 13.1. The van der Waals surface area contributed by atoms with Gasteiger partial charge in [-0.1, -0.05) is 0 Å². The molecule has 0 radical (unpaired) electrons. The molecule has 0 bridgehead atoms. The maximum Gasteiger partial charge on any atom is 0.259 e. The fourth-order valence-corrected chi connectivity index (χ4v) is 2.29. The van der Waals surface area contributed by atoms with E-state index in [1.165, 1.54) is 27.5 Å². The summed E-state index contributed by atoms with van der Waals surface area (Å²) >= 11 is 0. The van der Waals surface area contributed by atoms with Crippen molar-refractivity contribution in [2.45, 2.75) is 0 Å². The van der Waals surface area contributed by atoms with Crippen molar-refractivity contribution in [3.63, 3.8) is 0 Å². The van der Waals surface area contributed by atoms with Gasteiger partial charge in [0.15, 0.2) is 11.5 Å². The van der Waals surface area contributed by atoms with Gasteiger partial charge in [0.2, 0.25) is 5.75 Å². The second-order valence-electron chi connectivity index (χ2n) is 5.33. The fourth-order valence-electron chi connectivity index (χ4n) is 2.29. The van der Waals surface area contributed by atoms with Crippen LogP contribution in [0.5, 0.6) is 23.0 Å². The van der Waals surface area contributed by atoms with Crippen LogP contribution in [-0.2, 0) is 4.79 Å². The molecule has 8 nitrogen and oxygen atoms in total. The molecule has 0 spiro atoms. The zero-order valence-electron chi connectivity index (χ0n) is 15.7. The number of rotatable bonds is 9. The molecule has 0 aliphatic rings. The van der Waals surface area contributed by atoms with Gasteiger partial charge in [-0.15, -0.1) is 0 Å². The van der Waals surface area contributed by atoms with E-state index in [0.29, 0.717) is 22.8 Å². The molecule has 144 valence electrons. The van der Waals surface area contributed by atoms with Crippen LogP contribution in [0.4, 0.5) is 5.69 Å². The summed E-state index contributed by atoms with van der Waals surface area (Å²) in [6.45, 7) is 0.0823. The van der Waals surface area contributed by atoms with Crippen LogP contribution in [-0.4, -0.2) is 47.1 Å². The van der Waals surface area contributed by atoms with E-state index in [2.05, 4.69) is 15.8 Å². The quantitative estimate of drug-likeness (QED) is 0.518. The Morgan fingerprint density at radius 2 is 1.59 bits per heavy atom. The van der Waals surface area contributed by atoms with Gasteiger partial charge in [-0.2, -0.15) is 5.10 Å². The standard InChI is InChI=1S/C19H23N3O5/c1-24-15-7-5-14(6-8-15)20-12-18(23)22-21-11-13-9-16(25-2)19(27-4)17(10-13)26-3/h5-11,20H,12H2,1-4H3,(H,22,23)/b21-11+. The summed E-state index contributed by atoms with van der Waals surface area (Å²) in [6, 6.07) is 10.7. The van der Waals surface area contributed by atoms with Gasteiger partial charge in [-0.3, -0.25) is 4.79 Å². The highest BCUT2D eigenvalue weighted by atomic mass is 16.5. The molecular weight excluding hydrogens is 350 g/mol. The first kappa shape index (κ1) is 19.9. The summed E-state index contributed by atoms with van der Waals surface area (Å²) in [4.78, 5) is 11.9. The SMILES string of the molecule is COc1ccc(NCC(=O)N/N=C/c2cc(OC)c(OC)c(OC)c2)cc1. The first-order valence-corrected chi connectivity index (χ1v) is 8.11. The maximum atomic E-state index is 11.9. The van der Waals surface area contributed by atoms with Crippen molar-refractivity contribution in [2.24, 2.45) is 5.10 Å². The van der Waals surface area contributed by atoms with Crippen LogP contribution in [0.25, 0.3) is 0 Å². The van der Waals surface area contributed by atoms with Gasteiger partial charge in [-0.25, -0.2) is 5.43 Å². The fraction of sp³-hybridized carbons (Fsp3) is 0.263. The van der Waals surface area contributed by atoms with E-state index < -0.39 is 0 Å². The third kappa shape index (κ3) is 5.53. The van der Waals surface area contributed by atoms with Gasteiger partial charge in [0, 0.05) is 11.3 Å². The number of nitrogens with one attached hydrogen (secondary N) is 2. The Balaban J connectivity index is 1.92. The largest absolute Gasteiger partial charge is 0.497 e. The van der Waals surface area contributed by atoms with E-state index in [1.54, 1.807) is 19.2 Å². The van der Waals surface area contributed by atoms with Crippen molar-refractivity contribution in [3.05, 3.63) is 42.0 Å². The van der Waals surface area contributed by atoms with Gasteiger partial charge < -0.3 is 24.3 Å². The molecule has 0 saturated carbocycles. The molecule has 0 saturated heterocycles. The van der Waals surface area contributed by atoms with Gasteiger partial charge >= 0.3 is 0 Å². The van der Waals surface area contributed by atoms with Crippen LogP contribution in [0.3, 0.4) is 0 Å². The number of hydrazone groups is 1. The van der Waals surface area contributed by atoms with E-state index in [0.717, 1.165) is 11.4 Å². The summed E-state index contributed by atoms with van der Waals surface area (Å²) in [6.07, 6.45) is 1.50. The number of nitrogens with zero attached hydrogens (tertiary/aromatic N) is 1. The van der Waals surface area contributed by atoms with Crippen molar-refractivity contribution < 1.29 is 23.7 Å². The molecule has 2 rings (SSSR count). The molecule has 2 aromatic carbocycles. The normalized spacial score (nSPS) is 10.4. The third-order valence-electron chi connectivity index (χ3n) is 3.63. The first-order valence-electron chi connectivity index (χ1n) is 8.11. The smallest absolute Gasteiger partial charge is 0.259 e. The Morgan fingerprint density at radius 1 is 0.963 bits per heavy atom. The topological polar surface area (TPSA) is 90.4 Å². The van der Waals surface area contributed by atoms with E-state index in [-0.39, 0.29) is 12.5 Å². The van der Waals surface area contributed by atoms with E-state index in [4.69, 9.17) is 18.9 Å². The summed E-state index contributed by atoms with van der Waals surface area (Å²) in [5.74, 6) is 1.97. The predicted octanol–water partition coefficient (Wildman–Crippen LogP) is 2.28. The molecule has 1 amide bonds. The molecule has 0 aliphatic carbocycles. The molecule has 0 unspecified atom stereocenters. The van der Waals surface area contributed by atoms with Crippen molar-refractivity contribution in [3.8, 4) is 23.0 Å². The summed E-state index contributed by atoms with van der Waals surface area (Å²) in [7, 11) is 6.20. The Kier molecular flexibility index (Phi) is 7.30. The number of carbonyl (C=O) groups is 1. The number of ether oxygens (including phenoxy) is 4. The highest BCUT2D eigenvalue weighted by Gasteiger charge is 2.12. The van der Waals surface area contributed by atoms with Gasteiger partial charge in [-0.05, 0) is 36.4 Å². The molecule has 0 fully saturated rings. The van der Waals surface area contributed by atoms with Crippen molar-refractivity contribution in [1.29, 1.82) is 0 Å². The lowest BCUT2D eigenvalue weighted by Crippen LogP contribution is -2.25. The number of methoxy groups -OCH3 is 4. The third-order valence-corrected chi connectivity index (χ3v) is 3.63. The van der Waals surface area contributed by atoms with Crippen LogP contribution in [0.15, 0.2) is 41.5 Å². The average molecular weight is 373 g/mol. The van der Waals surface area contributed by atoms with Crippen LogP contribution < -0.4 is 29.7 Å². The number of hydrogen-bond acceptors (Lipinski definition) is 7. The van der Waals surface area contributed by atoms with E-state index in [1.807, 2.05) is 24.3 Å². The van der Waals surface area contributed by atoms with Crippen molar-refractivity contribution in [2.75, 3.05) is 40.3 Å². The molecule has 0 heterocycles. The molecule has 0 atom stereocenters. The second kappa shape index (κ2) is 9.91. The minimum Gasteiger partial charge on any atom is -0.497 e. The maximum absolute atomic E-state index is 11.9. The lowest BCUT2D eigenvalue weighted by molar-refractivity contribution is -0.119. The van der Waals surface area contributed by atoms with Crippen LogP contribution in [0.2, 0.25) is 0 Å². The number of anilines is 1. The van der Waals surface area contributed by atoms with Crippen molar-refractivity contribution >= 4 is 17.8 Å².